The molecular weight excluding hydrogens is 384 g/mol. The lowest BCUT2D eigenvalue weighted by Crippen LogP contribution is -2.32. The molecule has 2 aromatic rings. The molecule has 0 aliphatic rings. The number of sulfonamides is 1. The molecule has 1 heterocycles. The van der Waals surface area contributed by atoms with Crippen LogP contribution in [0, 0.1) is 6.92 Å². The Kier molecular flexibility index (Phi) is 6.98. The normalized spacial score (nSPS) is 12.6. The number of nitrogens with zero attached hydrogens (tertiary/aromatic N) is 1. The van der Waals surface area contributed by atoms with Crippen molar-refractivity contribution in [1.29, 1.82) is 0 Å². The maximum absolute atomic E-state index is 12.8. The first-order valence-corrected chi connectivity index (χ1v) is 10.3. The first-order valence-electron chi connectivity index (χ1n) is 8.86. The number of aryl methyl sites for hydroxylation is 1. The molecule has 1 aromatic heterocycles. The molecule has 152 valence electrons. The molecule has 1 atom stereocenters. The number of furan rings is 1. The van der Waals surface area contributed by atoms with E-state index in [0.717, 1.165) is 0 Å². The van der Waals surface area contributed by atoms with Crippen LogP contribution < -0.4 is 5.32 Å². The molecular formula is C19H24N2O6S. The van der Waals surface area contributed by atoms with Crippen molar-refractivity contribution in [2.24, 2.45) is 0 Å². The Morgan fingerprint density at radius 2 is 1.89 bits per heavy atom. The topological polar surface area (TPSA) is 106 Å². The van der Waals surface area contributed by atoms with E-state index in [1.165, 1.54) is 35.7 Å². The minimum absolute atomic E-state index is 0.0115. The summed E-state index contributed by atoms with van der Waals surface area (Å²) in [5.74, 6) is -1.36. The van der Waals surface area contributed by atoms with E-state index in [-0.39, 0.29) is 10.7 Å². The van der Waals surface area contributed by atoms with E-state index in [2.05, 4.69) is 5.32 Å². The zero-order valence-corrected chi connectivity index (χ0v) is 17.1. The second-order valence-corrected chi connectivity index (χ2v) is 7.99. The zero-order chi connectivity index (χ0) is 20.9. The van der Waals surface area contributed by atoms with E-state index in [1.807, 2.05) is 0 Å². The van der Waals surface area contributed by atoms with Crippen molar-refractivity contribution in [2.45, 2.75) is 38.7 Å². The van der Waals surface area contributed by atoms with E-state index in [4.69, 9.17) is 9.15 Å². The Bertz CT molecular complexity index is 933. The minimum Gasteiger partial charge on any atom is -0.457 e. The number of nitrogens with one attached hydrogen (secondary N) is 1. The summed E-state index contributed by atoms with van der Waals surface area (Å²) in [4.78, 5) is 24.3. The predicted molar refractivity (Wildman–Crippen MR) is 104 cm³/mol. The van der Waals surface area contributed by atoms with Gasteiger partial charge in [0.1, 0.15) is 0 Å². The molecule has 0 saturated carbocycles. The van der Waals surface area contributed by atoms with Crippen LogP contribution in [0.5, 0.6) is 0 Å². The third kappa shape index (κ3) is 4.79. The molecule has 8 nitrogen and oxygen atoms in total. The zero-order valence-electron chi connectivity index (χ0n) is 16.3. The number of ether oxygens (including phenoxy) is 1. The number of hydrogen-bond acceptors (Lipinski definition) is 6. The van der Waals surface area contributed by atoms with Gasteiger partial charge in [0.25, 0.3) is 5.91 Å². The summed E-state index contributed by atoms with van der Waals surface area (Å²) in [5, 5.41) is 2.58. The largest absolute Gasteiger partial charge is 0.457 e. The van der Waals surface area contributed by atoms with E-state index >= 15 is 0 Å². The van der Waals surface area contributed by atoms with Gasteiger partial charge in [-0.3, -0.25) is 4.79 Å². The molecule has 0 aliphatic heterocycles. The van der Waals surface area contributed by atoms with E-state index in [9.17, 15) is 18.0 Å². The number of carbonyl (C=O) groups is 2. The van der Waals surface area contributed by atoms with Gasteiger partial charge < -0.3 is 14.5 Å². The number of hydrogen-bond donors (Lipinski definition) is 1. The lowest BCUT2D eigenvalue weighted by molar-refractivity contribution is -0.123. The van der Waals surface area contributed by atoms with Crippen molar-refractivity contribution >= 4 is 27.6 Å². The fourth-order valence-corrected chi connectivity index (χ4v) is 4.28. The Hall–Kier alpha value is -2.65. The molecule has 0 radical (unpaired) electrons. The number of esters is 1. The molecule has 0 saturated heterocycles. The molecule has 1 amide bonds. The Labute approximate surface area is 164 Å². The van der Waals surface area contributed by atoms with Crippen molar-refractivity contribution in [3.05, 3.63) is 47.9 Å². The van der Waals surface area contributed by atoms with Crippen molar-refractivity contribution in [1.82, 2.24) is 4.31 Å². The molecule has 0 bridgehead atoms. The third-order valence-corrected chi connectivity index (χ3v) is 6.35. The molecule has 0 aliphatic carbocycles. The summed E-state index contributed by atoms with van der Waals surface area (Å²) >= 11 is 0. The standard InChI is InChI=1S/C19H24N2O6S/c1-5-21(6-2)28(24,25)17-12-15(10-9-13(17)3)20-18(22)14(4)27-19(23)16-8-7-11-26-16/h7-12,14H,5-6H2,1-4H3,(H,20,22)/t14-/m1/s1. The van der Waals surface area contributed by atoms with Crippen LogP contribution in [0.4, 0.5) is 5.69 Å². The van der Waals surface area contributed by atoms with Gasteiger partial charge in [0.2, 0.25) is 15.8 Å². The van der Waals surface area contributed by atoms with Crippen LogP contribution >= 0.6 is 0 Å². The van der Waals surface area contributed by atoms with Crippen LogP contribution in [0.3, 0.4) is 0 Å². The van der Waals surface area contributed by atoms with Crippen molar-refractivity contribution in [3.8, 4) is 0 Å². The first-order chi connectivity index (χ1) is 13.2. The van der Waals surface area contributed by atoms with Gasteiger partial charge in [-0.1, -0.05) is 19.9 Å². The first kappa shape index (κ1) is 21.6. The monoisotopic (exact) mass is 408 g/mol. The van der Waals surface area contributed by atoms with Gasteiger partial charge in [0.05, 0.1) is 11.2 Å². The quantitative estimate of drug-likeness (QED) is 0.673. The van der Waals surface area contributed by atoms with Gasteiger partial charge in [-0.25, -0.2) is 13.2 Å². The molecule has 1 aromatic carbocycles. The highest BCUT2D eigenvalue weighted by molar-refractivity contribution is 7.89. The van der Waals surface area contributed by atoms with Gasteiger partial charge in [0.15, 0.2) is 6.10 Å². The summed E-state index contributed by atoms with van der Waals surface area (Å²) in [6, 6.07) is 7.58. The molecule has 9 heteroatoms. The number of benzene rings is 1. The highest BCUT2D eigenvalue weighted by Crippen LogP contribution is 2.24. The SMILES string of the molecule is CCN(CC)S(=O)(=O)c1cc(NC(=O)[C@@H](C)OC(=O)c2ccco2)ccc1C. The van der Waals surface area contributed by atoms with Crippen molar-refractivity contribution in [3.63, 3.8) is 0 Å². The van der Waals surface area contributed by atoms with Gasteiger partial charge in [-0.15, -0.1) is 0 Å². The summed E-state index contributed by atoms with van der Waals surface area (Å²) in [5.41, 5.74) is 0.865. The van der Waals surface area contributed by atoms with Crippen molar-refractivity contribution in [2.75, 3.05) is 18.4 Å². The highest BCUT2D eigenvalue weighted by Gasteiger charge is 2.25. The molecule has 28 heavy (non-hydrogen) atoms. The second kappa shape index (κ2) is 9.03. The summed E-state index contributed by atoms with van der Waals surface area (Å²) in [7, 11) is -3.67. The highest BCUT2D eigenvalue weighted by atomic mass is 32.2. The second-order valence-electron chi connectivity index (χ2n) is 6.08. The lowest BCUT2D eigenvalue weighted by atomic mass is 10.2. The number of anilines is 1. The Balaban J connectivity index is 2.16. The molecule has 0 fully saturated rings. The van der Waals surface area contributed by atoms with E-state index in [1.54, 1.807) is 32.9 Å². The average Bonchev–Trinajstić information content (AvgIpc) is 3.18. The smallest absolute Gasteiger partial charge is 0.374 e. The van der Waals surface area contributed by atoms with Gasteiger partial charge in [-0.2, -0.15) is 4.31 Å². The van der Waals surface area contributed by atoms with Crippen LogP contribution in [0.1, 0.15) is 36.9 Å². The average molecular weight is 408 g/mol. The third-order valence-electron chi connectivity index (χ3n) is 4.15. The predicted octanol–water partition coefficient (Wildman–Crippen LogP) is 2.80. The van der Waals surface area contributed by atoms with Gasteiger partial charge >= 0.3 is 5.97 Å². The Morgan fingerprint density at radius 3 is 2.46 bits per heavy atom. The molecule has 1 N–H and O–H groups in total. The van der Waals surface area contributed by atoms with E-state index < -0.39 is 28.0 Å². The molecule has 2 rings (SSSR count). The number of rotatable bonds is 8. The van der Waals surface area contributed by atoms with Gasteiger partial charge in [-0.05, 0) is 43.7 Å². The molecule has 0 unspecified atom stereocenters. The van der Waals surface area contributed by atoms with E-state index in [0.29, 0.717) is 24.3 Å². The Morgan fingerprint density at radius 1 is 1.21 bits per heavy atom. The minimum atomic E-state index is -3.67. The fraction of sp³-hybridized carbons (Fsp3) is 0.368. The summed E-state index contributed by atoms with van der Waals surface area (Å²) in [6.07, 6.45) is 0.229. The fourth-order valence-electron chi connectivity index (χ4n) is 2.57. The number of amides is 1. The summed E-state index contributed by atoms with van der Waals surface area (Å²) < 4.78 is 36.9. The lowest BCUT2D eigenvalue weighted by Gasteiger charge is -2.20. The summed E-state index contributed by atoms with van der Waals surface area (Å²) in [6.45, 7) is 7.31. The van der Waals surface area contributed by atoms with Crippen LogP contribution in [0.25, 0.3) is 0 Å². The number of carbonyl (C=O) groups excluding carboxylic acids is 2. The van der Waals surface area contributed by atoms with Crippen LogP contribution in [-0.2, 0) is 19.6 Å². The molecule has 0 spiro atoms. The van der Waals surface area contributed by atoms with Gasteiger partial charge in [0, 0.05) is 18.8 Å². The van der Waals surface area contributed by atoms with Crippen LogP contribution in [0.15, 0.2) is 45.9 Å². The van der Waals surface area contributed by atoms with Crippen LogP contribution in [0.2, 0.25) is 0 Å². The maximum atomic E-state index is 12.8. The van der Waals surface area contributed by atoms with Crippen molar-refractivity contribution < 1.29 is 27.2 Å². The van der Waals surface area contributed by atoms with Crippen LogP contribution in [-0.4, -0.2) is 43.8 Å². The maximum Gasteiger partial charge on any atom is 0.374 e.